The molecule has 0 unspecified atom stereocenters. The molecule has 0 saturated heterocycles. The molecule has 53 heavy (non-hydrogen) atoms. The molecule has 268 valence electrons. The van der Waals surface area contributed by atoms with E-state index < -0.39 is 22.6 Å². The van der Waals surface area contributed by atoms with E-state index in [-0.39, 0.29) is 12.8 Å². The maximum atomic E-state index is 12.1. The largest absolute Gasteiger partial charge is 0.343 e. The molecule has 0 radical (unpaired) electrons. The van der Waals surface area contributed by atoms with Gasteiger partial charge in [-0.3, -0.25) is 9.59 Å². The highest BCUT2D eigenvalue weighted by Crippen LogP contribution is 2.51. The lowest BCUT2D eigenvalue weighted by atomic mass is 9.78. The number of nitrogens with zero attached hydrogens (tertiary/aromatic N) is 4. The molecule has 8 nitrogen and oxygen atoms in total. The minimum atomic E-state index is -0.672. The van der Waals surface area contributed by atoms with Crippen LogP contribution in [0.3, 0.4) is 0 Å². The number of fused-ring (bicyclic) bond motifs is 6. The van der Waals surface area contributed by atoms with Gasteiger partial charge in [0, 0.05) is 56.4 Å². The van der Waals surface area contributed by atoms with E-state index in [2.05, 4.69) is 120 Å². The molecule has 0 fully saturated rings. The Balaban J connectivity index is 1.27. The first kappa shape index (κ1) is 36.0. The van der Waals surface area contributed by atoms with Gasteiger partial charge in [0.15, 0.2) is 12.3 Å². The lowest BCUT2D eigenvalue weighted by Gasteiger charge is -2.27. The van der Waals surface area contributed by atoms with E-state index in [0.717, 1.165) is 74.7 Å². The van der Waals surface area contributed by atoms with Crippen molar-refractivity contribution in [2.24, 2.45) is 10.4 Å². The summed E-state index contributed by atoms with van der Waals surface area (Å²) < 4.78 is 2.14. The second-order valence-electron chi connectivity index (χ2n) is 15.0. The second-order valence-corrected chi connectivity index (χ2v) is 15.4. The number of hydrogen-bond donors (Lipinski definition) is 0. The Bertz CT molecular complexity index is 2380. The fourth-order valence-corrected chi connectivity index (χ4v) is 8.94. The van der Waals surface area contributed by atoms with Crippen LogP contribution in [0.25, 0.3) is 21.5 Å². The fraction of sp³-hybridized carbons (Fsp3) is 0.295. The monoisotopic (exact) mass is 725 g/mol. The molecule has 0 bridgehead atoms. The number of benzene rings is 4. The van der Waals surface area contributed by atoms with Gasteiger partial charge in [0.25, 0.3) is 11.8 Å². The molecule has 0 spiro atoms. The Hall–Kier alpha value is -5.34. The van der Waals surface area contributed by atoms with Crippen LogP contribution >= 0.6 is 11.6 Å². The summed E-state index contributed by atoms with van der Waals surface area (Å²) >= 11 is 7.22. The highest BCUT2D eigenvalue weighted by atomic mass is 35.5. The summed E-state index contributed by atoms with van der Waals surface area (Å²) in [5, 5.41) is 10.6. The topological polar surface area (TPSA) is 99.2 Å². The van der Waals surface area contributed by atoms with E-state index in [4.69, 9.17) is 11.6 Å². The van der Waals surface area contributed by atoms with E-state index in [1.165, 1.54) is 11.1 Å². The van der Waals surface area contributed by atoms with Gasteiger partial charge >= 0.3 is 0 Å². The Kier molecular flexibility index (Phi) is 9.68. The van der Waals surface area contributed by atoms with Crippen molar-refractivity contribution < 1.29 is 14.2 Å². The Morgan fingerprint density at radius 1 is 0.774 bits per heavy atom. The fourth-order valence-electron chi connectivity index (χ4n) is 8.63. The number of carbonyl (C=O) groups excluding carboxylic acids is 2. The Labute approximate surface area is 314 Å². The van der Waals surface area contributed by atoms with Crippen molar-refractivity contribution in [2.75, 3.05) is 18.0 Å². The van der Waals surface area contributed by atoms with Crippen LogP contribution in [0.15, 0.2) is 129 Å². The molecular formula is C44H42ClN4O4+. The summed E-state index contributed by atoms with van der Waals surface area (Å²) in [5.41, 5.74) is 7.70. The molecule has 4 aromatic rings. The SMILES string of the molecule is CC1(C)C(/C=C/C2=C(Cl)C(=C/C=C3/N(CCC(=O)N=O)c4ccc5ccccc5c4C3(C)C)/CCC2)=[N+](CCC(=O)N=O)c2ccc3ccccc3c21. The van der Waals surface area contributed by atoms with E-state index >= 15 is 0 Å². The van der Waals surface area contributed by atoms with Crippen molar-refractivity contribution in [3.63, 3.8) is 0 Å². The minimum Gasteiger partial charge on any atom is -0.343 e. The lowest BCUT2D eigenvalue weighted by Crippen LogP contribution is -2.28. The second kappa shape index (κ2) is 14.2. The van der Waals surface area contributed by atoms with Gasteiger partial charge in [-0.2, -0.15) is 4.58 Å². The predicted octanol–water partition coefficient (Wildman–Crippen LogP) is 10.6. The maximum Gasteiger partial charge on any atom is 0.292 e. The number of amides is 2. The molecule has 2 aliphatic heterocycles. The smallest absolute Gasteiger partial charge is 0.292 e. The van der Waals surface area contributed by atoms with E-state index in [0.29, 0.717) is 18.1 Å². The average molecular weight is 726 g/mol. The summed E-state index contributed by atoms with van der Waals surface area (Å²) in [4.78, 5) is 48.3. The van der Waals surface area contributed by atoms with Gasteiger partial charge < -0.3 is 4.90 Å². The standard InChI is InChI=1S/C44H42ClN4O4/c1-43(2)36(48(26-24-38(50)46-52)34-20-16-28-10-5-7-14-32(28)40(34)43)22-18-30-12-9-13-31(42(30)45)19-23-37-44(3,4)41-33-15-8-6-11-29(33)17-21-35(41)49(37)27-25-39(51)47-53/h5-8,10-11,14-23H,9,12-13,24-27H2,1-4H3/q+1. The molecular weight excluding hydrogens is 684 g/mol. The normalized spacial score (nSPS) is 19.2. The zero-order chi connectivity index (χ0) is 37.5. The Morgan fingerprint density at radius 3 is 2.11 bits per heavy atom. The summed E-state index contributed by atoms with van der Waals surface area (Å²) in [6.45, 7) is 9.46. The molecule has 0 atom stereocenters. The molecule has 0 aromatic heterocycles. The molecule has 2 amide bonds. The number of allylic oxidation sites excluding steroid dienone is 8. The molecule has 2 heterocycles. The first-order chi connectivity index (χ1) is 25.5. The number of rotatable bonds is 9. The lowest BCUT2D eigenvalue weighted by molar-refractivity contribution is -0.436. The van der Waals surface area contributed by atoms with Crippen LogP contribution in [0.1, 0.15) is 70.9 Å². The summed E-state index contributed by atoms with van der Waals surface area (Å²) in [6, 6.07) is 25.0. The minimum absolute atomic E-state index is 0.0149. The van der Waals surface area contributed by atoms with Crippen LogP contribution in [-0.4, -0.2) is 35.2 Å². The predicted molar refractivity (Wildman–Crippen MR) is 214 cm³/mol. The molecule has 7 rings (SSSR count). The molecule has 0 saturated carbocycles. The quantitative estimate of drug-likeness (QED) is 0.126. The third kappa shape index (κ3) is 6.39. The zero-order valence-corrected chi connectivity index (χ0v) is 31.2. The summed E-state index contributed by atoms with van der Waals surface area (Å²) in [5.74, 6) is -1.34. The molecule has 3 aliphatic rings. The van der Waals surface area contributed by atoms with Crippen molar-refractivity contribution in [1.82, 2.24) is 0 Å². The van der Waals surface area contributed by atoms with Crippen molar-refractivity contribution in [1.29, 1.82) is 0 Å². The van der Waals surface area contributed by atoms with Gasteiger partial charge in [-0.05, 0) is 89.6 Å². The van der Waals surface area contributed by atoms with Gasteiger partial charge in [-0.1, -0.05) is 92.2 Å². The molecule has 4 aromatic carbocycles. The van der Waals surface area contributed by atoms with Gasteiger partial charge in [-0.15, -0.1) is 9.81 Å². The van der Waals surface area contributed by atoms with E-state index in [9.17, 15) is 19.4 Å². The van der Waals surface area contributed by atoms with Crippen molar-refractivity contribution in [2.45, 2.75) is 70.6 Å². The first-order valence-corrected chi connectivity index (χ1v) is 18.5. The van der Waals surface area contributed by atoms with Gasteiger partial charge in [-0.25, -0.2) is 0 Å². The number of carbonyl (C=O) groups is 2. The van der Waals surface area contributed by atoms with E-state index in [1.54, 1.807) is 0 Å². The third-order valence-corrected chi connectivity index (χ3v) is 11.6. The van der Waals surface area contributed by atoms with Crippen molar-refractivity contribution >= 4 is 62.0 Å². The highest BCUT2D eigenvalue weighted by Gasteiger charge is 2.46. The van der Waals surface area contributed by atoms with Gasteiger partial charge in [0.2, 0.25) is 5.69 Å². The number of anilines is 1. The third-order valence-electron chi connectivity index (χ3n) is 11.2. The molecule has 0 N–H and O–H groups in total. The van der Waals surface area contributed by atoms with Crippen molar-refractivity contribution in [3.8, 4) is 0 Å². The number of nitroso groups, excluding NO2 is 2. The van der Waals surface area contributed by atoms with Crippen LogP contribution < -0.4 is 4.90 Å². The first-order valence-electron chi connectivity index (χ1n) is 18.1. The summed E-state index contributed by atoms with van der Waals surface area (Å²) in [6.07, 6.45) is 11.0. The Morgan fingerprint density at radius 2 is 1.42 bits per heavy atom. The number of halogens is 1. The van der Waals surface area contributed by atoms with Crippen molar-refractivity contribution in [3.05, 3.63) is 140 Å². The van der Waals surface area contributed by atoms with E-state index in [1.807, 2.05) is 24.3 Å². The van der Waals surface area contributed by atoms with Crippen LogP contribution in [0.2, 0.25) is 0 Å². The average Bonchev–Trinajstić information content (AvgIpc) is 3.52. The molecule has 9 heteroatoms. The van der Waals surface area contributed by atoms with Gasteiger partial charge in [0.05, 0.1) is 18.3 Å². The van der Waals surface area contributed by atoms with Crippen LogP contribution in [0.5, 0.6) is 0 Å². The zero-order valence-electron chi connectivity index (χ0n) is 30.5. The maximum absolute atomic E-state index is 12.1. The number of hydrogen-bond acceptors (Lipinski definition) is 5. The molecule has 1 aliphatic carbocycles. The van der Waals surface area contributed by atoms with Gasteiger partial charge in [0.1, 0.15) is 0 Å². The van der Waals surface area contributed by atoms with Crippen LogP contribution in [0.4, 0.5) is 11.4 Å². The highest BCUT2D eigenvalue weighted by molar-refractivity contribution is 6.32. The van der Waals surface area contributed by atoms with Crippen LogP contribution in [-0.2, 0) is 20.4 Å². The summed E-state index contributed by atoms with van der Waals surface area (Å²) in [7, 11) is 0. The van der Waals surface area contributed by atoms with Crippen LogP contribution in [0, 0.1) is 9.81 Å².